The van der Waals surface area contributed by atoms with Crippen LogP contribution in [0.1, 0.15) is 29.3 Å². The van der Waals surface area contributed by atoms with E-state index in [1.165, 1.54) is 0 Å². The molecular weight excluding hydrogens is 320 g/mol. The van der Waals surface area contributed by atoms with E-state index in [0.29, 0.717) is 17.2 Å². The maximum absolute atomic E-state index is 12.0. The minimum absolute atomic E-state index is 0.0388. The van der Waals surface area contributed by atoms with Gasteiger partial charge in [-0.15, -0.1) is 0 Å². The van der Waals surface area contributed by atoms with Gasteiger partial charge in [-0.2, -0.15) is 5.10 Å². The summed E-state index contributed by atoms with van der Waals surface area (Å²) in [7, 11) is 0. The maximum Gasteiger partial charge on any atom is 0.271 e. The lowest BCUT2D eigenvalue weighted by atomic mass is 10.1. The van der Waals surface area contributed by atoms with Gasteiger partial charge in [0.2, 0.25) is 0 Å². The van der Waals surface area contributed by atoms with E-state index in [-0.39, 0.29) is 5.56 Å². The lowest BCUT2D eigenvalue weighted by Gasteiger charge is -2.07. The van der Waals surface area contributed by atoms with Crippen LogP contribution < -0.4 is 5.43 Å². The Hall–Kier alpha value is -2.73. The highest BCUT2D eigenvalue weighted by atomic mass is 35.5. The molecule has 2 rings (SSSR count). The molecule has 4 N–H and O–H groups in total. The first-order valence-corrected chi connectivity index (χ1v) is 7.18. The average Bonchev–Trinajstić information content (AvgIpc) is 2.52. The van der Waals surface area contributed by atoms with E-state index >= 15 is 0 Å². The lowest BCUT2D eigenvalue weighted by molar-refractivity contribution is 0.0954. The Morgan fingerprint density at radius 3 is 2.35 bits per heavy atom. The topological polar surface area (TPSA) is 102 Å². The summed E-state index contributed by atoms with van der Waals surface area (Å²) in [5.41, 5.74) is 3.70. The predicted octanol–water partition coefficient (Wildman–Crippen LogP) is 3.00. The van der Waals surface area contributed by atoms with Gasteiger partial charge in [-0.3, -0.25) is 4.79 Å². The zero-order valence-electron chi connectivity index (χ0n) is 12.2. The first kappa shape index (κ1) is 16.6. The van der Waals surface area contributed by atoms with Crippen LogP contribution in [-0.2, 0) is 0 Å². The second kappa shape index (κ2) is 7.02. The number of phenolic OH excluding ortho intramolecular Hbond substituents is 3. The van der Waals surface area contributed by atoms with Gasteiger partial charge in [0.05, 0.1) is 5.71 Å². The molecule has 0 aliphatic heterocycles. The highest BCUT2D eigenvalue weighted by Crippen LogP contribution is 2.35. The first-order valence-electron chi connectivity index (χ1n) is 6.80. The number of phenols is 3. The molecule has 0 unspecified atom stereocenters. The summed E-state index contributed by atoms with van der Waals surface area (Å²) < 4.78 is 0. The maximum atomic E-state index is 12.0. The fourth-order valence-electron chi connectivity index (χ4n) is 1.93. The Morgan fingerprint density at radius 2 is 1.78 bits per heavy atom. The number of amides is 1. The fraction of sp³-hybridized carbons (Fsp3) is 0.125. The standard InChI is InChI=1S/C16H15ClN2O4/c1-2-12(9-4-3-5-11(17)6-9)18-19-16(23)10-7-13(20)15(22)14(21)8-10/h3-8,20-22H,2H2,1H3,(H,19,23). The monoisotopic (exact) mass is 334 g/mol. The van der Waals surface area contributed by atoms with E-state index in [9.17, 15) is 20.1 Å². The Bertz CT molecular complexity index is 751. The zero-order chi connectivity index (χ0) is 17.0. The van der Waals surface area contributed by atoms with Gasteiger partial charge in [-0.05, 0) is 36.2 Å². The molecule has 120 valence electrons. The van der Waals surface area contributed by atoms with Crippen molar-refractivity contribution in [2.45, 2.75) is 13.3 Å². The molecule has 0 fully saturated rings. The summed E-state index contributed by atoms with van der Waals surface area (Å²) >= 11 is 5.93. The van der Waals surface area contributed by atoms with E-state index in [1.54, 1.807) is 18.2 Å². The highest BCUT2D eigenvalue weighted by molar-refractivity contribution is 6.31. The summed E-state index contributed by atoms with van der Waals surface area (Å²) in [6, 6.07) is 9.13. The third kappa shape index (κ3) is 3.92. The van der Waals surface area contributed by atoms with E-state index in [0.717, 1.165) is 17.7 Å². The van der Waals surface area contributed by atoms with Gasteiger partial charge in [0, 0.05) is 10.6 Å². The van der Waals surface area contributed by atoms with Crippen LogP contribution in [0.5, 0.6) is 17.2 Å². The summed E-state index contributed by atoms with van der Waals surface area (Å²) in [5, 5.41) is 32.7. The van der Waals surface area contributed by atoms with E-state index in [2.05, 4.69) is 10.5 Å². The molecule has 1 amide bonds. The van der Waals surface area contributed by atoms with Crippen LogP contribution >= 0.6 is 11.6 Å². The van der Waals surface area contributed by atoms with Crippen molar-refractivity contribution < 1.29 is 20.1 Å². The fourth-order valence-corrected chi connectivity index (χ4v) is 2.12. The van der Waals surface area contributed by atoms with Crippen molar-refractivity contribution in [2.24, 2.45) is 5.10 Å². The number of carbonyl (C=O) groups is 1. The number of hydrazone groups is 1. The molecular formula is C16H15ClN2O4. The molecule has 23 heavy (non-hydrogen) atoms. The number of nitrogens with zero attached hydrogens (tertiary/aromatic N) is 1. The van der Waals surface area contributed by atoms with Crippen LogP contribution in [0.2, 0.25) is 5.02 Å². The molecule has 0 saturated heterocycles. The van der Waals surface area contributed by atoms with Gasteiger partial charge in [0.25, 0.3) is 5.91 Å². The van der Waals surface area contributed by atoms with Crippen molar-refractivity contribution >= 4 is 23.2 Å². The SMILES string of the molecule is CCC(=NNC(=O)c1cc(O)c(O)c(O)c1)c1cccc(Cl)c1. The third-order valence-corrected chi connectivity index (χ3v) is 3.35. The average molecular weight is 335 g/mol. The number of aromatic hydroxyl groups is 3. The van der Waals surface area contributed by atoms with Gasteiger partial charge in [-0.25, -0.2) is 5.43 Å². The molecule has 0 radical (unpaired) electrons. The molecule has 0 saturated carbocycles. The zero-order valence-corrected chi connectivity index (χ0v) is 13.0. The Morgan fingerprint density at radius 1 is 1.13 bits per heavy atom. The number of hydrogen-bond acceptors (Lipinski definition) is 5. The molecule has 2 aromatic carbocycles. The van der Waals surface area contributed by atoms with Crippen molar-refractivity contribution in [3.8, 4) is 17.2 Å². The Kier molecular flexibility index (Phi) is 5.08. The Labute approximate surface area is 137 Å². The number of rotatable bonds is 4. The van der Waals surface area contributed by atoms with Crippen LogP contribution in [0.25, 0.3) is 0 Å². The van der Waals surface area contributed by atoms with Crippen LogP contribution in [0.3, 0.4) is 0 Å². The molecule has 6 nitrogen and oxygen atoms in total. The summed E-state index contributed by atoms with van der Waals surface area (Å²) in [6.45, 7) is 1.88. The number of carbonyl (C=O) groups excluding carboxylic acids is 1. The second-order valence-electron chi connectivity index (χ2n) is 4.73. The number of hydrogen-bond donors (Lipinski definition) is 4. The summed E-state index contributed by atoms with van der Waals surface area (Å²) in [5.74, 6) is -2.50. The molecule has 0 atom stereocenters. The minimum atomic E-state index is -0.682. The summed E-state index contributed by atoms with van der Waals surface area (Å²) in [6.07, 6.45) is 0.562. The van der Waals surface area contributed by atoms with Gasteiger partial charge >= 0.3 is 0 Å². The van der Waals surface area contributed by atoms with Crippen LogP contribution in [0.15, 0.2) is 41.5 Å². The van der Waals surface area contributed by atoms with Gasteiger partial charge in [-0.1, -0.05) is 30.7 Å². The number of halogens is 1. The van der Waals surface area contributed by atoms with E-state index in [4.69, 9.17) is 11.6 Å². The number of benzene rings is 2. The van der Waals surface area contributed by atoms with Crippen molar-refractivity contribution in [3.63, 3.8) is 0 Å². The van der Waals surface area contributed by atoms with Gasteiger partial charge < -0.3 is 15.3 Å². The first-order chi connectivity index (χ1) is 10.9. The Balaban J connectivity index is 2.22. The van der Waals surface area contributed by atoms with Gasteiger partial charge in [0.1, 0.15) is 0 Å². The third-order valence-electron chi connectivity index (χ3n) is 3.12. The van der Waals surface area contributed by atoms with E-state index < -0.39 is 23.2 Å². The van der Waals surface area contributed by atoms with Gasteiger partial charge in [0.15, 0.2) is 17.2 Å². The van der Waals surface area contributed by atoms with Crippen LogP contribution in [-0.4, -0.2) is 26.9 Å². The predicted molar refractivity (Wildman–Crippen MR) is 87.2 cm³/mol. The van der Waals surface area contributed by atoms with E-state index in [1.807, 2.05) is 13.0 Å². The largest absolute Gasteiger partial charge is 0.504 e. The molecule has 0 aromatic heterocycles. The molecule has 7 heteroatoms. The lowest BCUT2D eigenvalue weighted by Crippen LogP contribution is -2.20. The summed E-state index contributed by atoms with van der Waals surface area (Å²) in [4.78, 5) is 12.0. The molecule has 2 aromatic rings. The number of nitrogens with one attached hydrogen (secondary N) is 1. The highest BCUT2D eigenvalue weighted by Gasteiger charge is 2.13. The second-order valence-corrected chi connectivity index (χ2v) is 5.16. The minimum Gasteiger partial charge on any atom is -0.504 e. The van der Waals surface area contributed by atoms with Crippen molar-refractivity contribution in [2.75, 3.05) is 0 Å². The molecule has 0 bridgehead atoms. The molecule has 0 heterocycles. The van der Waals surface area contributed by atoms with Crippen LogP contribution in [0, 0.1) is 0 Å². The molecule has 0 spiro atoms. The van der Waals surface area contributed by atoms with Crippen molar-refractivity contribution in [1.29, 1.82) is 0 Å². The normalized spacial score (nSPS) is 11.3. The molecule has 0 aliphatic rings. The smallest absolute Gasteiger partial charge is 0.271 e. The quantitative estimate of drug-likeness (QED) is 0.392. The van der Waals surface area contributed by atoms with Crippen LogP contribution in [0.4, 0.5) is 0 Å². The van der Waals surface area contributed by atoms with Crippen molar-refractivity contribution in [1.82, 2.24) is 5.43 Å². The van der Waals surface area contributed by atoms with Crippen molar-refractivity contribution in [3.05, 3.63) is 52.5 Å². The molecule has 0 aliphatic carbocycles.